The van der Waals surface area contributed by atoms with E-state index < -0.39 is 0 Å². The van der Waals surface area contributed by atoms with Crippen LogP contribution in [0.15, 0.2) is 64.0 Å². The predicted molar refractivity (Wildman–Crippen MR) is 153 cm³/mol. The number of ketones is 1. The number of nitrogens with zero attached hydrogens (tertiary/aromatic N) is 3. The summed E-state index contributed by atoms with van der Waals surface area (Å²) in [5.41, 5.74) is 2.58. The zero-order valence-corrected chi connectivity index (χ0v) is 23.3. The van der Waals surface area contributed by atoms with Gasteiger partial charge in [-0.25, -0.2) is 0 Å². The first kappa shape index (κ1) is 28.1. The van der Waals surface area contributed by atoms with Gasteiger partial charge < -0.3 is 19.7 Å². The molecule has 3 aromatic rings. The summed E-state index contributed by atoms with van der Waals surface area (Å²) < 4.78 is 11.1. The normalized spacial score (nSPS) is 15.5. The van der Waals surface area contributed by atoms with E-state index in [9.17, 15) is 14.4 Å². The molecule has 1 aromatic heterocycles. The second-order valence-corrected chi connectivity index (χ2v) is 10.5. The lowest BCUT2D eigenvalue weighted by molar-refractivity contribution is -0.131. The molecule has 4 rings (SSSR count). The predicted octanol–water partition coefficient (Wildman–Crippen LogP) is 4.53. The maximum absolute atomic E-state index is 13.5. The van der Waals surface area contributed by atoms with E-state index in [1.165, 1.54) is 0 Å². The fourth-order valence-corrected chi connectivity index (χ4v) is 4.89. The van der Waals surface area contributed by atoms with Crippen LogP contribution in [0.1, 0.15) is 30.4 Å². The van der Waals surface area contributed by atoms with E-state index >= 15 is 0 Å². The number of amides is 2. The summed E-state index contributed by atoms with van der Waals surface area (Å²) in [6.07, 6.45) is 4.24. The molecule has 0 radical (unpaired) electrons. The fourth-order valence-electron chi connectivity index (χ4n) is 4.09. The van der Waals surface area contributed by atoms with Gasteiger partial charge in [-0.05, 0) is 54.0 Å². The maximum atomic E-state index is 13.5. The molecule has 0 spiro atoms. The highest BCUT2D eigenvalue weighted by Gasteiger charge is 2.29. The van der Waals surface area contributed by atoms with Crippen molar-refractivity contribution in [2.45, 2.75) is 23.6 Å². The average molecular weight is 565 g/mol. The molecule has 11 heteroatoms. The molecule has 1 fully saturated rings. The lowest BCUT2D eigenvalue weighted by atomic mass is 9.93. The minimum atomic E-state index is -0.252. The molecule has 0 bridgehead atoms. The van der Waals surface area contributed by atoms with Crippen molar-refractivity contribution in [1.29, 1.82) is 0 Å². The Hall–Kier alpha value is -3.96. The van der Waals surface area contributed by atoms with Crippen molar-refractivity contribution < 1.29 is 23.9 Å². The van der Waals surface area contributed by atoms with Crippen LogP contribution in [0.2, 0.25) is 0 Å². The number of nitrogens with one attached hydrogen (secondary N) is 1. The number of ether oxygens (including phenoxy) is 2. The summed E-state index contributed by atoms with van der Waals surface area (Å²) in [5.74, 6) is 0.829. The van der Waals surface area contributed by atoms with Gasteiger partial charge in [-0.1, -0.05) is 35.6 Å². The lowest BCUT2D eigenvalue weighted by Gasteiger charge is -2.30. The van der Waals surface area contributed by atoms with E-state index in [1.54, 1.807) is 31.3 Å². The van der Waals surface area contributed by atoms with Crippen LogP contribution in [0.25, 0.3) is 12.2 Å². The van der Waals surface area contributed by atoms with E-state index in [0.717, 1.165) is 22.5 Å². The first-order valence-electron chi connectivity index (χ1n) is 12.2. The third kappa shape index (κ3) is 7.78. The zero-order valence-electron chi connectivity index (χ0n) is 21.5. The summed E-state index contributed by atoms with van der Waals surface area (Å²) in [6, 6.07) is 14.8. The van der Waals surface area contributed by atoms with Gasteiger partial charge in [0.15, 0.2) is 10.1 Å². The van der Waals surface area contributed by atoms with Gasteiger partial charge in [-0.3, -0.25) is 14.4 Å². The zero-order chi connectivity index (χ0) is 27.8. The Morgan fingerprint density at radius 1 is 0.974 bits per heavy atom. The van der Waals surface area contributed by atoms with Crippen LogP contribution < -0.4 is 14.8 Å². The molecule has 39 heavy (non-hydrogen) atoms. The number of thiol groups is 1. The quantitative estimate of drug-likeness (QED) is 0.223. The van der Waals surface area contributed by atoms with Crippen LogP contribution in [-0.2, 0) is 14.4 Å². The topological polar surface area (TPSA) is 111 Å². The number of methoxy groups -OCH3 is 2. The number of hydrogen-bond donors (Lipinski definition) is 2. The van der Waals surface area contributed by atoms with E-state index in [2.05, 4.69) is 28.1 Å². The number of benzene rings is 2. The van der Waals surface area contributed by atoms with Gasteiger partial charge in [0, 0.05) is 37.1 Å². The summed E-state index contributed by atoms with van der Waals surface area (Å²) in [6.45, 7) is 0.345. The minimum absolute atomic E-state index is 0.121. The standard InChI is InChI=1S/C28H28N4O5S2/c1-36-22-8-3-6-18(14-22)12-20-16-32(17-21(26(20)35)13-19-7-4-9-23(15-19)37-2)25(34)11-5-10-24(33)29-27-30-31-28(38)39-27/h3-4,6-9,12-15H,5,10-11,16-17H2,1-2H3,(H,31,38)(H,29,30,33)/b20-12+,21-13+. The third-order valence-corrected chi connectivity index (χ3v) is 6.99. The van der Waals surface area contributed by atoms with Crippen LogP contribution in [-0.4, -0.2) is 60.0 Å². The van der Waals surface area contributed by atoms with Crippen molar-refractivity contribution in [2.75, 3.05) is 32.6 Å². The Morgan fingerprint density at radius 3 is 2.08 bits per heavy atom. The van der Waals surface area contributed by atoms with Gasteiger partial charge in [-0.2, -0.15) is 0 Å². The van der Waals surface area contributed by atoms with Gasteiger partial charge in [-0.15, -0.1) is 22.8 Å². The molecule has 1 aliphatic heterocycles. The number of Topliss-reactive ketones (excluding diaryl/α,β-unsaturated/α-hetero) is 1. The second-order valence-electron chi connectivity index (χ2n) is 8.76. The fraction of sp³-hybridized carbons (Fsp3) is 0.250. The molecule has 202 valence electrons. The summed E-state index contributed by atoms with van der Waals surface area (Å²) in [4.78, 5) is 40.6. The molecule has 0 atom stereocenters. The SMILES string of the molecule is COc1cccc(/C=C2\CN(C(=O)CCCC(=O)Nc3nnc(S)s3)C/C(=C\c3cccc(OC)c3)C2=O)c1. The number of aromatic nitrogens is 2. The first-order chi connectivity index (χ1) is 18.8. The molecule has 1 saturated heterocycles. The molecule has 9 nitrogen and oxygen atoms in total. The number of anilines is 1. The summed E-state index contributed by atoms with van der Waals surface area (Å²) >= 11 is 5.24. The van der Waals surface area contributed by atoms with Crippen LogP contribution in [0.5, 0.6) is 11.5 Å². The monoisotopic (exact) mass is 564 g/mol. The smallest absolute Gasteiger partial charge is 0.226 e. The molecule has 0 aliphatic carbocycles. The molecule has 1 aliphatic rings. The lowest BCUT2D eigenvalue weighted by Crippen LogP contribution is -2.41. The van der Waals surface area contributed by atoms with Crippen molar-refractivity contribution in [3.05, 3.63) is 70.8 Å². The van der Waals surface area contributed by atoms with Crippen molar-refractivity contribution >= 4 is 58.8 Å². The van der Waals surface area contributed by atoms with E-state index in [-0.39, 0.29) is 43.5 Å². The number of carbonyl (C=O) groups excluding carboxylic acids is 3. The minimum Gasteiger partial charge on any atom is -0.497 e. The number of likely N-dealkylation sites (tertiary alicyclic amines) is 1. The number of rotatable bonds is 9. The Bertz CT molecular complexity index is 1360. The van der Waals surface area contributed by atoms with Crippen LogP contribution in [0.4, 0.5) is 5.13 Å². The van der Waals surface area contributed by atoms with Crippen molar-refractivity contribution in [2.24, 2.45) is 0 Å². The molecular weight excluding hydrogens is 536 g/mol. The molecule has 2 heterocycles. The molecular formula is C28H28N4O5S2. The Balaban J connectivity index is 1.51. The van der Waals surface area contributed by atoms with Crippen LogP contribution >= 0.6 is 24.0 Å². The van der Waals surface area contributed by atoms with Gasteiger partial charge in [0.25, 0.3) is 0 Å². The Morgan fingerprint density at radius 2 is 1.56 bits per heavy atom. The Kier molecular flexibility index (Phi) is 9.50. The Labute approximate surface area is 235 Å². The average Bonchev–Trinajstić information content (AvgIpc) is 3.34. The van der Waals surface area contributed by atoms with E-state index in [4.69, 9.17) is 9.47 Å². The van der Waals surface area contributed by atoms with E-state index in [1.807, 2.05) is 48.5 Å². The first-order valence-corrected chi connectivity index (χ1v) is 13.4. The molecule has 2 aromatic carbocycles. The second kappa shape index (κ2) is 13.2. The molecule has 1 N–H and O–H groups in total. The van der Waals surface area contributed by atoms with E-state index in [0.29, 0.717) is 38.5 Å². The summed E-state index contributed by atoms with van der Waals surface area (Å²) in [5, 5.41) is 10.6. The van der Waals surface area contributed by atoms with Crippen molar-refractivity contribution in [3.63, 3.8) is 0 Å². The van der Waals surface area contributed by atoms with Crippen molar-refractivity contribution in [1.82, 2.24) is 15.1 Å². The van der Waals surface area contributed by atoms with Crippen molar-refractivity contribution in [3.8, 4) is 11.5 Å². The highest BCUT2D eigenvalue weighted by Crippen LogP contribution is 2.25. The number of piperidine rings is 1. The maximum Gasteiger partial charge on any atom is 0.226 e. The van der Waals surface area contributed by atoms with Crippen LogP contribution in [0, 0.1) is 0 Å². The van der Waals surface area contributed by atoms with Gasteiger partial charge in [0.1, 0.15) is 11.5 Å². The van der Waals surface area contributed by atoms with Crippen LogP contribution in [0.3, 0.4) is 0 Å². The summed E-state index contributed by atoms with van der Waals surface area (Å²) in [7, 11) is 3.16. The highest BCUT2D eigenvalue weighted by atomic mass is 32.2. The van der Waals surface area contributed by atoms with Gasteiger partial charge >= 0.3 is 0 Å². The highest BCUT2D eigenvalue weighted by molar-refractivity contribution is 7.82. The van der Waals surface area contributed by atoms with Gasteiger partial charge in [0.05, 0.1) is 14.2 Å². The number of carbonyl (C=O) groups is 3. The number of hydrogen-bond acceptors (Lipinski definition) is 9. The molecule has 0 saturated carbocycles. The molecule has 0 unspecified atom stereocenters. The largest absolute Gasteiger partial charge is 0.497 e. The third-order valence-electron chi connectivity index (χ3n) is 5.98. The molecule has 2 amide bonds. The van der Waals surface area contributed by atoms with Gasteiger partial charge in [0.2, 0.25) is 16.9 Å².